The lowest BCUT2D eigenvalue weighted by atomic mass is 10.1. The maximum absolute atomic E-state index is 13.2. The van der Waals surface area contributed by atoms with Crippen molar-refractivity contribution in [3.8, 4) is 0 Å². The first-order chi connectivity index (χ1) is 15.3. The molecule has 0 spiro atoms. The predicted octanol–water partition coefficient (Wildman–Crippen LogP) is 3.40. The van der Waals surface area contributed by atoms with E-state index in [0.29, 0.717) is 29.5 Å². The van der Waals surface area contributed by atoms with Crippen LogP contribution in [-0.2, 0) is 28.1 Å². The highest BCUT2D eigenvalue weighted by atomic mass is 32.2. The second kappa shape index (κ2) is 9.41. The maximum atomic E-state index is 13.2. The minimum Gasteiger partial charge on any atom is -0.325 e. The molecule has 168 valence electrons. The van der Waals surface area contributed by atoms with E-state index >= 15 is 0 Å². The van der Waals surface area contributed by atoms with Crippen LogP contribution in [0.2, 0.25) is 0 Å². The number of halogens is 1. The number of rotatable bonds is 7. The van der Waals surface area contributed by atoms with Crippen LogP contribution in [0.15, 0.2) is 59.8 Å². The summed E-state index contributed by atoms with van der Waals surface area (Å²) in [6.45, 7) is 0. The molecule has 10 heteroatoms. The molecule has 4 rings (SSSR count). The Labute approximate surface area is 190 Å². The number of nitrogens with zero attached hydrogens (tertiary/aromatic N) is 3. The van der Waals surface area contributed by atoms with Gasteiger partial charge in [0, 0.05) is 19.2 Å². The first kappa shape index (κ1) is 22.5. The highest BCUT2D eigenvalue weighted by molar-refractivity contribution is 8.00. The van der Waals surface area contributed by atoms with Crippen molar-refractivity contribution in [2.45, 2.75) is 23.2 Å². The lowest BCUT2D eigenvalue weighted by Crippen LogP contribution is -2.19. The van der Waals surface area contributed by atoms with Gasteiger partial charge in [-0.05, 0) is 42.2 Å². The minimum atomic E-state index is -2.96. The summed E-state index contributed by atoms with van der Waals surface area (Å²) in [5.74, 6) is 0.483. The molecule has 1 aromatic heterocycles. The Kier molecular flexibility index (Phi) is 6.61. The monoisotopic (exact) mass is 474 g/mol. The molecule has 0 saturated carbocycles. The molecule has 1 amide bonds. The lowest BCUT2D eigenvalue weighted by molar-refractivity contribution is -0.115. The molecule has 3 aromatic rings. The first-order valence-corrected chi connectivity index (χ1v) is 12.9. The molecular weight excluding hydrogens is 451 g/mol. The van der Waals surface area contributed by atoms with Gasteiger partial charge in [-0.15, -0.1) is 10.2 Å². The molecule has 32 heavy (non-hydrogen) atoms. The van der Waals surface area contributed by atoms with Gasteiger partial charge in [-0.2, -0.15) is 0 Å². The summed E-state index contributed by atoms with van der Waals surface area (Å²) in [5, 5.41) is 11.3. The molecule has 0 unspecified atom stereocenters. The van der Waals surface area contributed by atoms with Crippen LogP contribution in [0.5, 0.6) is 0 Å². The van der Waals surface area contributed by atoms with Crippen LogP contribution in [-0.4, -0.2) is 40.6 Å². The standard InChI is InChI=1S/C22H23FN4O3S2/c1-27-19(13-15-11-12-32(29,30)14-15)25-26-22(27)31-20(16-5-3-2-4-6-16)21(28)24-18-9-7-17(23)8-10-18/h2-10,15,20H,11-14H2,1H3,(H,24,28)/t15-,20+/m0/s1. The number of nitrogens with one attached hydrogen (secondary N) is 1. The summed E-state index contributed by atoms with van der Waals surface area (Å²) in [4.78, 5) is 13.1. The molecule has 2 aromatic carbocycles. The van der Waals surface area contributed by atoms with Crippen LogP contribution < -0.4 is 5.32 Å². The van der Waals surface area contributed by atoms with Crippen molar-refractivity contribution in [3.63, 3.8) is 0 Å². The first-order valence-electron chi connectivity index (χ1n) is 10.2. The van der Waals surface area contributed by atoms with Crippen molar-refractivity contribution in [2.75, 3.05) is 16.8 Å². The van der Waals surface area contributed by atoms with Crippen LogP contribution in [0, 0.1) is 11.7 Å². The smallest absolute Gasteiger partial charge is 0.242 e. The van der Waals surface area contributed by atoms with Crippen molar-refractivity contribution in [2.24, 2.45) is 13.0 Å². The molecule has 2 heterocycles. The highest BCUT2D eigenvalue weighted by Crippen LogP contribution is 2.35. The SMILES string of the molecule is Cn1c(C[C@@H]2CCS(=O)(=O)C2)nnc1S[C@@H](C(=O)Nc1ccc(F)cc1)c1ccccc1. The van der Waals surface area contributed by atoms with Crippen LogP contribution in [0.3, 0.4) is 0 Å². The summed E-state index contributed by atoms with van der Waals surface area (Å²) in [6, 6.07) is 14.9. The fourth-order valence-electron chi connectivity index (χ4n) is 3.66. The quantitative estimate of drug-likeness (QED) is 0.528. The summed E-state index contributed by atoms with van der Waals surface area (Å²) in [7, 11) is -1.14. The van der Waals surface area contributed by atoms with E-state index in [-0.39, 0.29) is 29.1 Å². The number of thioether (sulfide) groups is 1. The van der Waals surface area contributed by atoms with Crippen molar-refractivity contribution in [1.82, 2.24) is 14.8 Å². The van der Waals surface area contributed by atoms with Crippen molar-refractivity contribution < 1.29 is 17.6 Å². The second-order valence-corrected chi connectivity index (χ2v) is 11.1. The van der Waals surface area contributed by atoms with Gasteiger partial charge in [0.1, 0.15) is 16.9 Å². The van der Waals surface area contributed by atoms with E-state index < -0.39 is 15.1 Å². The molecule has 1 N–H and O–H groups in total. The van der Waals surface area contributed by atoms with Gasteiger partial charge in [-0.25, -0.2) is 12.8 Å². The molecule has 1 aliphatic rings. The van der Waals surface area contributed by atoms with Crippen molar-refractivity contribution in [1.29, 1.82) is 0 Å². The number of hydrogen-bond acceptors (Lipinski definition) is 6. The number of hydrogen-bond donors (Lipinski definition) is 1. The van der Waals surface area contributed by atoms with Gasteiger partial charge in [0.2, 0.25) is 5.91 Å². The van der Waals surface area contributed by atoms with E-state index in [9.17, 15) is 17.6 Å². The molecule has 1 saturated heterocycles. The Hall–Kier alpha value is -2.72. The Bertz CT molecular complexity index is 1200. The van der Waals surface area contributed by atoms with Crippen molar-refractivity contribution >= 4 is 33.2 Å². The van der Waals surface area contributed by atoms with Gasteiger partial charge in [-0.3, -0.25) is 4.79 Å². The zero-order valence-electron chi connectivity index (χ0n) is 17.4. The zero-order valence-corrected chi connectivity index (χ0v) is 19.1. The Morgan fingerprint density at radius 2 is 1.91 bits per heavy atom. The molecule has 1 aliphatic heterocycles. The highest BCUT2D eigenvalue weighted by Gasteiger charge is 2.30. The van der Waals surface area contributed by atoms with Crippen LogP contribution in [0.4, 0.5) is 10.1 Å². The van der Waals surface area contributed by atoms with Crippen LogP contribution >= 0.6 is 11.8 Å². The van der Waals surface area contributed by atoms with Gasteiger partial charge < -0.3 is 9.88 Å². The van der Waals surface area contributed by atoms with E-state index in [0.717, 1.165) is 5.56 Å². The maximum Gasteiger partial charge on any atom is 0.242 e. The Morgan fingerprint density at radius 3 is 2.56 bits per heavy atom. The van der Waals surface area contributed by atoms with Gasteiger partial charge in [-0.1, -0.05) is 42.1 Å². The van der Waals surface area contributed by atoms with E-state index in [2.05, 4.69) is 15.5 Å². The zero-order chi connectivity index (χ0) is 22.7. The summed E-state index contributed by atoms with van der Waals surface area (Å²) >= 11 is 1.26. The van der Waals surface area contributed by atoms with Crippen LogP contribution in [0.1, 0.15) is 23.1 Å². The number of sulfone groups is 1. The third kappa shape index (κ3) is 5.36. The van der Waals surface area contributed by atoms with Gasteiger partial charge in [0.05, 0.1) is 11.5 Å². The summed E-state index contributed by atoms with van der Waals surface area (Å²) in [5.41, 5.74) is 1.29. The Balaban J connectivity index is 1.53. The third-order valence-corrected chi connectivity index (χ3v) is 8.52. The largest absolute Gasteiger partial charge is 0.325 e. The number of benzene rings is 2. The average Bonchev–Trinajstić information content (AvgIpc) is 3.30. The number of aromatic nitrogens is 3. The van der Waals surface area contributed by atoms with Gasteiger partial charge >= 0.3 is 0 Å². The summed E-state index contributed by atoms with van der Waals surface area (Å²) < 4.78 is 38.5. The average molecular weight is 475 g/mol. The van der Waals surface area contributed by atoms with Gasteiger partial charge in [0.25, 0.3) is 0 Å². The second-order valence-electron chi connectivity index (χ2n) is 7.84. The predicted molar refractivity (Wildman–Crippen MR) is 122 cm³/mol. The number of anilines is 1. The lowest BCUT2D eigenvalue weighted by Gasteiger charge is -2.17. The molecule has 2 atom stereocenters. The van der Waals surface area contributed by atoms with E-state index in [4.69, 9.17) is 0 Å². The van der Waals surface area contributed by atoms with Crippen molar-refractivity contribution in [3.05, 3.63) is 71.8 Å². The number of carbonyl (C=O) groups is 1. The summed E-state index contributed by atoms with van der Waals surface area (Å²) in [6.07, 6.45) is 1.16. The van der Waals surface area contributed by atoms with E-state index in [1.165, 1.54) is 36.0 Å². The normalized spacial score (nSPS) is 18.4. The van der Waals surface area contributed by atoms with E-state index in [1.807, 2.05) is 41.9 Å². The fourth-order valence-corrected chi connectivity index (χ4v) is 6.55. The van der Waals surface area contributed by atoms with Crippen LogP contribution in [0.25, 0.3) is 0 Å². The fraction of sp³-hybridized carbons (Fsp3) is 0.318. The van der Waals surface area contributed by atoms with Gasteiger partial charge in [0.15, 0.2) is 15.0 Å². The number of carbonyl (C=O) groups excluding carboxylic acids is 1. The third-order valence-electron chi connectivity index (χ3n) is 5.40. The molecule has 7 nitrogen and oxygen atoms in total. The minimum absolute atomic E-state index is 0.0347. The molecule has 0 aliphatic carbocycles. The topological polar surface area (TPSA) is 93.9 Å². The molecule has 1 fully saturated rings. The molecular formula is C22H23FN4O3S2. The van der Waals surface area contributed by atoms with E-state index in [1.54, 1.807) is 0 Å². The number of amides is 1. The Morgan fingerprint density at radius 1 is 1.19 bits per heavy atom. The molecule has 0 bridgehead atoms. The molecule has 0 radical (unpaired) electrons.